The molecule has 0 aliphatic carbocycles. The Kier molecular flexibility index (Phi) is 4.93. The maximum Gasteiger partial charge on any atom is 0.216 e. The molecule has 18 heavy (non-hydrogen) atoms. The van der Waals surface area contributed by atoms with Gasteiger partial charge in [-0.25, -0.2) is 13.1 Å². The van der Waals surface area contributed by atoms with Gasteiger partial charge in [-0.15, -0.1) is 11.3 Å². The van der Waals surface area contributed by atoms with E-state index in [1.54, 1.807) is 20.8 Å². The van der Waals surface area contributed by atoms with E-state index in [4.69, 9.17) is 5.73 Å². The number of thiophene rings is 1. The molecule has 0 aliphatic heterocycles. The van der Waals surface area contributed by atoms with Crippen LogP contribution in [0.15, 0.2) is 11.4 Å². The molecule has 0 radical (unpaired) electrons. The maximum absolute atomic E-state index is 11.9. The molecule has 1 aromatic heterocycles. The molecule has 6 heteroatoms. The van der Waals surface area contributed by atoms with Crippen molar-refractivity contribution in [2.75, 3.05) is 6.54 Å². The topological polar surface area (TPSA) is 72.2 Å². The Hall–Kier alpha value is -0.870. The zero-order valence-electron chi connectivity index (χ0n) is 10.8. The molecule has 0 amide bonds. The fourth-order valence-electron chi connectivity index (χ4n) is 1.07. The lowest BCUT2D eigenvalue weighted by Crippen LogP contribution is -2.38. The quantitative estimate of drug-likeness (QED) is 0.822. The number of nitrogens with one attached hydrogen (secondary N) is 1. The molecule has 3 N–H and O–H groups in total. The van der Waals surface area contributed by atoms with Gasteiger partial charge in [0.15, 0.2) is 0 Å². The Morgan fingerprint density at radius 2 is 2.11 bits per heavy atom. The van der Waals surface area contributed by atoms with Crippen molar-refractivity contribution in [3.05, 3.63) is 21.9 Å². The van der Waals surface area contributed by atoms with E-state index in [-0.39, 0.29) is 0 Å². The second-order valence-corrected chi connectivity index (χ2v) is 8.26. The molecule has 0 aliphatic rings. The minimum absolute atomic E-state index is 0.300. The number of nitrogens with two attached hydrogens (primary N) is 1. The van der Waals surface area contributed by atoms with Crippen LogP contribution in [0.1, 0.15) is 31.2 Å². The largest absolute Gasteiger partial charge is 0.320 e. The highest BCUT2D eigenvalue weighted by Crippen LogP contribution is 2.17. The molecular formula is C12H18N2O2S2. The van der Waals surface area contributed by atoms with Crippen LogP contribution >= 0.6 is 11.3 Å². The maximum atomic E-state index is 11.9. The Labute approximate surface area is 113 Å². The van der Waals surface area contributed by atoms with Crippen LogP contribution < -0.4 is 10.5 Å². The lowest BCUT2D eigenvalue weighted by molar-refractivity contribution is 0.545. The first-order valence-corrected chi connectivity index (χ1v) is 7.88. The van der Waals surface area contributed by atoms with Crippen LogP contribution in [-0.2, 0) is 16.6 Å². The Morgan fingerprint density at radius 3 is 2.67 bits per heavy atom. The summed E-state index contributed by atoms with van der Waals surface area (Å²) < 4.78 is 25.5. The lowest BCUT2D eigenvalue weighted by atomic mass is 10.3. The van der Waals surface area contributed by atoms with Gasteiger partial charge >= 0.3 is 0 Å². The normalized spacial score (nSPS) is 12.0. The molecule has 1 heterocycles. The summed E-state index contributed by atoms with van der Waals surface area (Å²) >= 11 is 1.48. The molecule has 0 atom stereocenters. The summed E-state index contributed by atoms with van der Waals surface area (Å²) in [7, 11) is -3.30. The summed E-state index contributed by atoms with van der Waals surface area (Å²) in [5, 5.41) is 1.89. The van der Waals surface area contributed by atoms with Gasteiger partial charge < -0.3 is 5.73 Å². The molecule has 4 nitrogen and oxygen atoms in total. The summed E-state index contributed by atoms with van der Waals surface area (Å²) in [6.45, 7) is 5.63. The molecule has 0 fully saturated rings. The summed E-state index contributed by atoms with van der Waals surface area (Å²) in [5.74, 6) is 5.67. The first kappa shape index (κ1) is 15.2. The van der Waals surface area contributed by atoms with E-state index >= 15 is 0 Å². The van der Waals surface area contributed by atoms with Gasteiger partial charge in [-0.1, -0.05) is 11.8 Å². The molecule has 100 valence electrons. The van der Waals surface area contributed by atoms with Crippen LogP contribution in [-0.4, -0.2) is 19.7 Å². The number of hydrogen-bond donors (Lipinski definition) is 2. The zero-order valence-corrected chi connectivity index (χ0v) is 12.4. The number of sulfonamides is 1. The van der Waals surface area contributed by atoms with E-state index < -0.39 is 14.8 Å². The average molecular weight is 286 g/mol. The molecular weight excluding hydrogens is 268 g/mol. The van der Waals surface area contributed by atoms with Crippen molar-refractivity contribution in [1.29, 1.82) is 0 Å². The van der Waals surface area contributed by atoms with Crippen LogP contribution in [0.2, 0.25) is 0 Å². The first-order chi connectivity index (χ1) is 8.26. The third-order valence-corrected chi connectivity index (χ3v) is 5.30. The summed E-state index contributed by atoms with van der Waals surface area (Å²) in [5.41, 5.74) is 6.16. The lowest BCUT2D eigenvalue weighted by Gasteiger charge is -2.19. The van der Waals surface area contributed by atoms with Gasteiger partial charge in [-0.3, -0.25) is 0 Å². The second kappa shape index (κ2) is 5.85. The smallest absolute Gasteiger partial charge is 0.216 e. The fraction of sp³-hybridized carbons (Fsp3) is 0.500. The highest BCUT2D eigenvalue weighted by atomic mass is 32.2. The summed E-state index contributed by atoms with van der Waals surface area (Å²) in [6.07, 6.45) is 0. The van der Waals surface area contributed by atoms with Gasteiger partial charge in [-0.05, 0) is 26.8 Å². The van der Waals surface area contributed by atoms with E-state index in [2.05, 4.69) is 16.6 Å². The summed E-state index contributed by atoms with van der Waals surface area (Å²) in [6, 6.07) is 1.87. The number of rotatable bonds is 3. The predicted octanol–water partition coefficient (Wildman–Crippen LogP) is 1.28. The van der Waals surface area contributed by atoms with Gasteiger partial charge in [0.25, 0.3) is 0 Å². The Bertz CT molecular complexity index is 557. The van der Waals surface area contributed by atoms with Crippen LogP contribution in [0.5, 0.6) is 0 Å². The van der Waals surface area contributed by atoms with Crippen molar-refractivity contribution in [3.63, 3.8) is 0 Å². The third kappa shape index (κ3) is 4.10. The van der Waals surface area contributed by atoms with E-state index in [1.165, 1.54) is 11.3 Å². The van der Waals surface area contributed by atoms with Crippen LogP contribution in [0.25, 0.3) is 0 Å². The molecule has 1 aromatic rings. The van der Waals surface area contributed by atoms with Gasteiger partial charge in [0.2, 0.25) is 10.0 Å². The highest BCUT2D eigenvalue weighted by Gasteiger charge is 2.28. The average Bonchev–Trinajstić information content (AvgIpc) is 2.70. The second-order valence-electron chi connectivity index (χ2n) is 4.74. The van der Waals surface area contributed by atoms with Gasteiger partial charge in [-0.2, -0.15) is 0 Å². The summed E-state index contributed by atoms with van der Waals surface area (Å²) in [4.78, 5) is 0.934. The van der Waals surface area contributed by atoms with Crippen molar-refractivity contribution in [2.24, 2.45) is 5.73 Å². The van der Waals surface area contributed by atoms with Crippen molar-refractivity contribution in [2.45, 2.75) is 32.1 Å². The highest BCUT2D eigenvalue weighted by molar-refractivity contribution is 7.90. The van der Waals surface area contributed by atoms with E-state index in [9.17, 15) is 8.42 Å². The van der Waals surface area contributed by atoms with Crippen LogP contribution in [0, 0.1) is 11.8 Å². The van der Waals surface area contributed by atoms with Crippen molar-refractivity contribution in [1.82, 2.24) is 4.72 Å². The van der Waals surface area contributed by atoms with Gasteiger partial charge in [0.1, 0.15) is 0 Å². The van der Waals surface area contributed by atoms with E-state index in [0.29, 0.717) is 13.1 Å². The van der Waals surface area contributed by atoms with E-state index in [0.717, 1.165) is 10.4 Å². The Morgan fingerprint density at radius 1 is 1.44 bits per heavy atom. The van der Waals surface area contributed by atoms with E-state index in [1.807, 2.05) is 11.4 Å². The van der Waals surface area contributed by atoms with Gasteiger partial charge in [0.05, 0.1) is 11.3 Å². The molecule has 0 aromatic carbocycles. The SMILES string of the molecule is CC(C)(C)S(=O)(=O)NCc1cc(C#CCN)cs1. The first-order valence-electron chi connectivity index (χ1n) is 5.52. The van der Waals surface area contributed by atoms with Crippen LogP contribution in [0.3, 0.4) is 0 Å². The minimum atomic E-state index is -3.30. The molecule has 1 rings (SSSR count). The molecule has 0 saturated heterocycles. The number of hydrogen-bond acceptors (Lipinski definition) is 4. The molecule has 0 saturated carbocycles. The molecule has 0 unspecified atom stereocenters. The zero-order chi connectivity index (χ0) is 13.8. The van der Waals surface area contributed by atoms with Crippen molar-refractivity contribution in [3.8, 4) is 11.8 Å². The standard InChI is InChI=1S/C12H18N2O2S2/c1-12(2,3)18(15,16)14-8-11-7-10(9-17-11)5-4-6-13/h7,9,14H,6,8,13H2,1-3H3. The monoisotopic (exact) mass is 286 g/mol. The molecule has 0 bridgehead atoms. The Balaban J connectivity index is 2.68. The van der Waals surface area contributed by atoms with Gasteiger partial charge in [0, 0.05) is 22.4 Å². The van der Waals surface area contributed by atoms with Crippen molar-refractivity contribution < 1.29 is 8.42 Å². The minimum Gasteiger partial charge on any atom is -0.320 e. The molecule has 0 spiro atoms. The predicted molar refractivity (Wildman–Crippen MR) is 75.8 cm³/mol. The third-order valence-electron chi connectivity index (χ3n) is 2.23. The van der Waals surface area contributed by atoms with Crippen molar-refractivity contribution >= 4 is 21.4 Å². The fourth-order valence-corrected chi connectivity index (χ4v) is 2.70. The van der Waals surface area contributed by atoms with Crippen LogP contribution in [0.4, 0.5) is 0 Å².